The molecule has 0 unspecified atom stereocenters. The van der Waals surface area contributed by atoms with Crippen LogP contribution in [-0.4, -0.2) is 0 Å². The van der Waals surface area contributed by atoms with Gasteiger partial charge in [0.25, 0.3) is 0 Å². The predicted octanol–water partition coefficient (Wildman–Crippen LogP) is 6.88. The summed E-state index contributed by atoms with van der Waals surface area (Å²) in [5, 5.41) is 0.213. The van der Waals surface area contributed by atoms with Crippen LogP contribution < -0.4 is 0 Å². The van der Waals surface area contributed by atoms with E-state index in [0.29, 0.717) is 0 Å². The molecule has 0 aliphatic rings. The Labute approximate surface area is 145 Å². The van der Waals surface area contributed by atoms with Gasteiger partial charge in [0.15, 0.2) is 0 Å². The van der Waals surface area contributed by atoms with E-state index in [0.717, 1.165) is 42.5 Å². The fraction of sp³-hybridized carbons (Fsp3) is 0. The average Bonchev–Trinajstić information content (AvgIpc) is 2.54. The van der Waals surface area contributed by atoms with Crippen LogP contribution in [0.25, 0.3) is 22.3 Å². The van der Waals surface area contributed by atoms with Crippen LogP contribution in [0.15, 0.2) is 48.5 Å². The van der Waals surface area contributed by atoms with Gasteiger partial charge >= 0.3 is 0 Å². The lowest BCUT2D eigenvalue weighted by Gasteiger charge is -2.11. The summed E-state index contributed by atoms with van der Waals surface area (Å²) in [6.07, 6.45) is 0. The zero-order valence-electron chi connectivity index (χ0n) is 11.9. The lowest BCUT2D eigenvalue weighted by Crippen LogP contribution is -1.93. The van der Waals surface area contributed by atoms with Crippen LogP contribution in [-0.2, 0) is 0 Å². The number of rotatable bonds is 2. The van der Waals surface area contributed by atoms with Crippen LogP contribution >= 0.6 is 23.2 Å². The molecule has 0 radical (unpaired) electrons. The Bertz CT molecular complexity index is 861. The second-order valence-electron chi connectivity index (χ2n) is 5.06. The van der Waals surface area contributed by atoms with Crippen LogP contribution in [0.5, 0.6) is 0 Å². The molecule has 0 heterocycles. The van der Waals surface area contributed by atoms with Crippen molar-refractivity contribution in [2.24, 2.45) is 0 Å². The monoisotopic (exact) mass is 370 g/mol. The van der Waals surface area contributed by atoms with E-state index in [1.165, 1.54) is 6.07 Å². The van der Waals surface area contributed by atoms with E-state index in [4.69, 9.17) is 23.2 Å². The minimum atomic E-state index is -0.834. The Morgan fingerprint density at radius 3 is 1.75 bits per heavy atom. The van der Waals surface area contributed by atoms with Gasteiger partial charge in [-0.05, 0) is 48.5 Å². The highest BCUT2D eigenvalue weighted by molar-refractivity contribution is 6.36. The summed E-state index contributed by atoms with van der Waals surface area (Å²) < 4.78 is 55.1. The molecule has 0 amide bonds. The maximum absolute atomic E-state index is 14.5. The van der Waals surface area contributed by atoms with Crippen LogP contribution in [0.3, 0.4) is 0 Å². The molecule has 6 heteroatoms. The highest BCUT2D eigenvalue weighted by Gasteiger charge is 2.17. The van der Waals surface area contributed by atoms with Gasteiger partial charge in [0.05, 0.1) is 0 Å². The van der Waals surface area contributed by atoms with E-state index >= 15 is 0 Å². The molecule has 0 fully saturated rings. The van der Waals surface area contributed by atoms with Crippen molar-refractivity contribution in [2.75, 3.05) is 0 Å². The summed E-state index contributed by atoms with van der Waals surface area (Å²) in [6.45, 7) is 0. The first-order chi connectivity index (χ1) is 11.4. The molecule has 3 aromatic carbocycles. The van der Waals surface area contributed by atoms with Gasteiger partial charge in [0.1, 0.15) is 23.3 Å². The van der Waals surface area contributed by atoms with Crippen LogP contribution in [0.1, 0.15) is 0 Å². The first-order valence-corrected chi connectivity index (χ1v) is 7.52. The Kier molecular flexibility index (Phi) is 4.52. The van der Waals surface area contributed by atoms with Crippen molar-refractivity contribution in [1.29, 1.82) is 0 Å². The van der Waals surface area contributed by atoms with E-state index in [9.17, 15) is 17.6 Å². The van der Waals surface area contributed by atoms with Crippen molar-refractivity contribution in [3.8, 4) is 22.3 Å². The third-order valence-corrected chi connectivity index (χ3v) is 4.14. The first-order valence-electron chi connectivity index (χ1n) is 6.76. The van der Waals surface area contributed by atoms with Crippen LogP contribution in [0.2, 0.25) is 10.0 Å². The summed E-state index contributed by atoms with van der Waals surface area (Å²) in [6, 6.07) is 8.47. The molecular formula is C18H8Cl2F4. The lowest BCUT2D eigenvalue weighted by molar-refractivity contribution is 0.598. The van der Waals surface area contributed by atoms with E-state index < -0.39 is 23.3 Å². The molecule has 0 aliphatic carbocycles. The summed E-state index contributed by atoms with van der Waals surface area (Å²) >= 11 is 12.1. The lowest BCUT2D eigenvalue weighted by atomic mass is 9.99. The van der Waals surface area contributed by atoms with Gasteiger partial charge in [-0.15, -0.1) is 0 Å². The number of hydrogen-bond donors (Lipinski definition) is 0. The number of halogens is 6. The summed E-state index contributed by atoms with van der Waals surface area (Å²) in [7, 11) is 0. The topological polar surface area (TPSA) is 0 Å². The van der Waals surface area contributed by atoms with Crippen molar-refractivity contribution in [2.45, 2.75) is 0 Å². The number of benzene rings is 3. The zero-order chi connectivity index (χ0) is 17.4. The van der Waals surface area contributed by atoms with E-state index in [2.05, 4.69) is 0 Å². The minimum Gasteiger partial charge on any atom is -0.207 e. The fourth-order valence-electron chi connectivity index (χ4n) is 2.37. The van der Waals surface area contributed by atoms with E-state index in [-0.39, 0.29) is 32.3 Å². The normalized spacial score (nSPS) is 10.9. The molecule has 0 aromatic heterocycles. The third kappa shape index (κ3) is 3.12. The smallest absolute Gasteiger partial charge is 0.131 e. The Balaban J connectivity index is 2.20. The van der Waals surface area contributed by atoms with Gasteiger partial charge < -0.3 is 0 Å². The van der Waals surface area contributed by atoms with Crippen molar-refractivity contribution in [3.63, 3.8) is 0 Å². The summed E-state index contributed by atoms with van der Waals surface area (Å²) in [5.74, 6) is -2.90. The molecule has 0 nitrogen and oxygen atoms in total. The quantitative estimate of drug-likeness (QED) is 0.431. The van der Waals surface area contributed by atoms with E-state index in [1.807, 2.05) is 0 Å². The van der Waals surface area contributed by atoms with Crippen molar-refractivity contribution < 1.29 is 17.6 Å². The van der Waals surface area contributed by atoms with Crippen LogP contribution in [0.4, 0.5) is 17.6 Å². The zero-order valence-corrected chi connectivity index (χ0v) is 13.4. The second kappa shape index (κ2) is 6.46. The standard InChI is InChI=1S/C18H8Cl2F4/c19-15-3-1-9(21)5-11(15)12-8-18(24)14(7-16(12)20)13-6-10(22)2-4-17(13)23/h1-8H. The maximum Gasteiger partial charge on any atom is 0.131 e. The molecular weight excluding hydrogens is 363 g/mol. The molecule has 3 aromatic rings. The molecule has 3 rings (SSSR count). The molecule has 24 heavy (non-hydrogen) atoms. The molecule has 0 aliphatic heterocycles. The molecule has 0 spiro atoms. The highest BCUT2D eigenvalue weighted by Crippen LogP contribution is 2.38. The summed E-state index contributed by atoms with van der Waals surface area (Å²) in [5.41, 5.74) is -0.106. The van der Waals surface area contributed by atoms with Crippen LogP contribution in [0, 0.1) is 23.3 Å². The molecule has 0 N–H and O–H groups in total. The predicted molar refractivity (Wildman–Crippen MR) is 87.2 cm³/mol. The maximum atomic E-state index is 14.5. The van der Waals surface area contributed by atoms with E-state index in [1.54, 1.807) is 0 Å². The van der Waals surface area contributed by atoms with Crippen molar-refractivity contribution in [3.05, 3.63) is 81.8 Å². The van der Waals surface area contributed by atoms with Gasteiger partial charge in [0, 0.05) is 32.3 Å². The van der Waals surface area contributed by atoms with Crippen molar-refractivity contribution >= 4 is 23.2 Å². The van der Waals surface area contributed by atoms with Gasteiger partial charge in [-0.3, -0.25) is 0 Å². The molecule has 122 valence electrons. The largest absolute Gasteiger partial charge is 0.207 e. The van der Waals surface area contributed by atoms with Crippen molar-refractivity contribution in [1.82, 2.24) is 0 Å². The molecule has 0 saturated heterocycles. The molecule has 0 bridgehead atoms. The average molecular weight is 371 g/mol. The SMILES string of the molecule is Fc1ccc(F)c(-c2cc(Cl)c(-c3cc(F)ccc3Cl)cc2F)c1. The van der Waals surface area contributed by atoms with Gasteiger partial charge in [-0.25, -0.2) is 17.6 Å². The summed E-state index contributed by atoms with van der Waals surface area (Å²) in [4.78, 5) is 0. The van der Waals surface area contributed by atoms with Gasteiger partial charge in [-0.1, -0.05) is 23.2 Å². The second-order valence-corrected chi connectivity index (χ2v) is 5.87. The Hall–Kier alpha value is -2.04. The van der Waals surface area contributed by atoms with Gasteiger partial charge in [-0.2, -0.15) is 0 Å². The first kappa shape index (κ1) is 16.8. The molecule has 0 saturated carbocycles. The number of hydrogen-bond acceptors (Lipinski definition) is 0. The minimum absolute atomic E-state index is 0.0301. The Morgan fingerprint density at radius 2 is 1.04 bits per heavy atom. The highest BCUT2D eigenvalue weighted by atomic mass is 35.5. The van der Waals surface area contributed by atoms with Gasteiger partial charge in [0.2, 0.25) is 0 Å². The fourth-order valence-corrected chi connectivity index (χ4v) is 2.85. The molecule has 0 atom stereocenters. The Morgan fingerprint density at radius 1 is 0.500 bits per heavy atom. The third-order valence-electron chi connectivity index (χ3n) is 3.49.